The second-order valence-corrected chi connectivity index (χ2v) is 7.08. The Labute approximate surface area is 129 Å². The summed E-state index contributed by atoms with van der Waals surface area (Å²) in [4.78, 5) is 11.4. The third kappa shape index (κ3) is 3.63. The predicted molar refractivity (Wildman–Crippen MR) is 78.3 cm³/mol. The largest absolute Gasteiger partial charge is 0.462 e. The number of carbonyl (C=O) groups is 1. The summed E-state index contributed by atoms with van der Waals surface area (Å²) in [5.41, 5.74) is 5.64. The summed E-state index contributed by atoms with van der Waals surface area (Å²) >= 11 is 0. The fourth-order valence-electron chi connectivity index (χ4n) is 2.31. The van der Waals surface area contributed by atoms with E-state index in [1.807, 2.05) is 0 Å². The molecule has 1 aromatic rings. The van der Waals surface area contributed by atoms with E-state index in [4.69, 9.17) is 10.5 Å². The van der Waals surface area contributed by atoms with Crippen LogP contribution in [0.15, 0.2) is 23.1 Å². The molecule has 1 fully saturated rings. The Morgan fingerprint density at radius 2 is 2.00 bits per heavy atom. The fraction of sp³-hybridized carbons (Fsp3) is 0.500. The zero-order valence-corrected chi connectivity index (χ0v) is 13.1. The minimum atomic E-state index is -3.85. The summed E-state index contributed by atoms with van der Waals surface area (Å²) in [5.74, 6) is -1.54. The smallest absolute Gasteiger partial charge is 0.338 e. The van der Waals surface area contributed by atoms with Gasteiger partial charge in [0, 0.05) is 19.1 Å². The molecule has 0 amide bonds. The summed E-state index contributed by atoms with van der Waals surface area (Å²) in [6.45, 7) is 2.32. The molecule has 122 valence electrons. The molecule has 0 aliphatic carbocycles. The molecule has 6 nitrogen and oxygen atoms in total. The highest BCUT2D eigenvalue weighted by Crippen LogP contribution is 2.22. The minimum Gasteiger partial charge on any atom is -0.462 e. The van der Waals surface area contributed by atoms with Gasteiger partial charge in [0.25, 0.3) is 0 Å². The number of esters is 1. The molecule has 2 N–H and O–H groups in total. The van der Waals surface area contributed by atoms with Gasteiger partial charge in [-0.1, -0.05) is 0 Å². The lowest BCUT2D eigenvalue weighted by Crippen LogP contribution is -2.42. The van der Waals surface area contributed by atoms with Crippen molar-refractivity contribution in [3.05, 3.63) is 29.6 Å². The Bertz CT molecular complexity index is 655. The van der Waals surface area contributed by atoms with E-state index in [9.17, 15) is 17.6 Å². The van der Waals surface area contributed by atoms with Gasteiger partial charge >= 0.3 is 5.97 Å². The van der Waals surface area contributed by atoms with Gasteiger partial charge in [0.05, 0.1) is 17.1 Å². The number of benzene rings is 1. The minimum absolute atomic E-state index is 0.0194. The molecule has 0 aromatic heterocycles. The van der Waals surface area contributed by atoms with Crippen molar-refractivity contribution in [2.45, 2.75) is 30.7 Å². The van der Waals surface area contributed by atoms with Crippen molar-refractivity contribution in [2.75, 3.05) is 19.7 Å². The Kier molecular flexibility index (Phi) is 5.15. The molecule has 1 aliphatic rings. The third-order valence-corrected chi connectivity index (χ3v) is 5.40. The number of hydrogen-bond acceptors (Lipinski definition) is 5. The number of nitrogens with two attached hydrogens (primary N) is 1. The molecule has 0 bridgehead atoms. The zero-order chi connectivity index (χ0) is 16.3. The number of ether oxygens (including phenoxy) is 1. The average molecular weight is 330 g/mol. The molecular weight excluding hydrogens is 311 g/mol. The first-order valence-electron chi connectivity index (χ1n) is 7.08. The molecule has 22 heavy (non-hydrogen) atoms. The monoisotopic (exact) mass is 330 g/mol. The van der Waals surface area contributed by atoms with Crippen LogP contribution < -0.4 is 5.73 Å². The van der Waals surface area contributed by atoms with E-state index < -0.39 is 21.8 Å². The van der Waals surface area contributed by atoms with Crippen molar-refractivity contribution in [2.24, 2.45) is 5.73 Å². The Morgan fingerprint density at radius 3 is 2.59 bits per heavy atom. The summed E-state index contributed by atoms with van der Waals surface area (Å²) in [6, 6.07) is 3.00. The van der Waals surface area contributed by atoms with E-state index in [1.165, 1.54) is 4.31 Å². The van der Waals surface area contributed by atoms with Crippen LogP contribution in [0.25, 0.3) is 0 Å². The van der Waals surface area contributed by atoms with Gasteiger partial charge in [-0.2, -0.15) is 4.31 Å². The maximum Gasteiger partial charge on any atom is 0.338 e. The number of piperidine rings is 1. The van der Waals surface area contributed by atoms with Crippen LogP contribution in [0.2, 0.25) is 0 Å². The Hall–Kier alpha value is -1.51. The Morgan fingerprint density at radius 1 is 1.36 bits per heavy atom. The highest BCUT2D eigenvalue weighted by atomic mass is 32.2. The Balaban J connectivity index is 2.32. The van der Waals surface area contributed by atoms with Crippen LogP contribution in [0.4, 0.5) is 4.39 Å². The molecule has 0 radical (unpaired) electrons. The van der Waals surface area contributed by atoms with Crippen molar-refractivity contribution >= 4 is 16.0 Å². The molecule has 1 saturated heterocycles. The predicted octanol–water partition coefficient (Wildman–Crippen LogP) is 1.11. The average Bonchev–Trinajstić information content (AvgIpc) is 2.47. The number of halogens is 1. The van der Waals surface area contributed by atoms with E-state index >= 15 is 0 Å². The summed E-state index contributed by atoms with van der Waals surface area (Å²) in [5, 5.41) is 0. The molecule has 0 saturated carbocycles. The molecule has 1 aliphatic heterocycles. The summed E-state index contributed by atoms with van der Waals surface area (Å²) in [7, 11) is -3.85. The van der Waals surface area contributed by atoms with Gasteiger partial charge in [-0.25, -0.2) is 17.6 Å². The van der Waals surface area contributed by atoms with Gasteiger partial charge in [0.15, 0.2) is 0 Å². The number of hydrogen-bond donors (Lipinski definition) is 1. The maximum absolute atomic E-state index is 13.7. The van der Waals surface area contributed by atoms with Crippen LogP contribution in [-0.2, 0) is 14.8 Å². The molecular formula is C14H19FN2O4S. The van der Waals surface area contributed by atoms with Crippen LogP contribution in [0, 0.1) is 5.82 Å². The molecule has 0 atom stereocenters. The highest BCUT2D eigenvalue weighted by molar-refractivity contribution is 7.89. The first-order chi connectivity index (χ1) is 10.3. The topological polar surface area (TPSA) is 89.7 Å². The van der Waals surface area contributed by atoms with E-state index in [0.717, 1.165) is 18.2 Å². The van der Waals surface area contributed by atoms with Gasteiger partial charge in [-0.05, 0) is 38.0 Å². The van der Waals surface area contributed by atoms with Gasteiger partial charge in [0.2, 0.25) is 10.0 Å². The van der Waals surface area contributed by atoms with Crippen LogP contribution in [0.1, 0.15) is 30.1 Å². The molecule has 1 aromatic carbocycles. The molecule has 0 unspecified atom stereocenters. The van der Waals surface area contributed by atoms with E-state index in [1.54, 1.807) is 6.92 Å². The normalized spacial score (nSPS) is 17.4. The lowest BCUT2D eigenvalue weighted by Gasteiger charge is -2.29. The number of nitrogens with zero attached hydrogens (tertiary/aromatic N) is 1. The lowest BCUT2D eigenvalue weighted by atomic mass is 10.1. The van der Waals surface area contributed by atoms with E-state index in [-0.39, 0.29) is 36.2 Å². The van der Waals surface area contributed by atoms with E-state index in [2.05, 4.69) is 0 Å². The SMILES string of the molecule is CCOC(=O)c1cc(F)cc(S(=O)(=O)N2CCC(N)CC2)c1. The van der Waals surface area contributed by atoms with Crippen LogP contribution in [0.5, 0.6) is 0 Å². The number of rotatable bonds is 4. The van der Waals surface area contributed by atoms with Crippen molar-refractivity contribution in [3.8, 4) is 0 Å². The standard InChI is InChI=1S/C14H19FN2O4S/c1-2-21-14(18)10-7-11(15)9-13(8-10)22(19,20)17-5-3-12(16)4-6-17/h7-9,12H,2-6,16H2,1H3. The van der Waals surface area contributed by atoms with Gasteiger partial charge < -0.3 is 10.5 Å². The van der Waals surface area contributed by atoms with Crippen molar-refractivity contribution in [1.82, 2.24) is 4.31 Å². The second kappa shape index (κ2) is 6.72. The summed E-state index contributed by atoms with van der Waals surface area (Å²) < 4.78 is 44.8. The first kappa shape index (κ1) is 16.9. The maximum atomic E-state index is 13.7. The van der Waals surface area contributed by atoms with Crippen molar-refractivity contribution in [1.29, 1.82) is 0 Å². The van der Waals surface area contributed by atoms with Gasteiger partial charge in [-0.3, -0.25) is 0 Å². The molecule has 1 heterocycles. The van der Waals surface area contributed by atoms with E-state index in [0.29, 0.717) is 12.8 Å². The zero-order valence-electron chi connectivity index (χ0n) is 12.3. The fourth-order valence-corrected chi connectivity index (χ4v) is 3.84. The molecule has 2 rings (SSSR count). The highest BCUT2D eigenvalue weighted by Gasteiger charge is 2.29. The second-order valence-electron chi connectivity index (χ2n) is 5.14. The van der Waals surface area contributed by atoms with Crippen LogP contribution in [-0.4, -0.2) is 44.4 Å². The summed E-state index contributed by atoms with van der Waals surface area (Å²) in [6.07, 6.45) is 1.11. The van der Waals surface area contributed by atoms with Crippen LogP contribution >= 0.6 is 0 Å². The quantitative estimate of drug-likeness (QED) is 0.836. The number of carbonyl (C=O) groups excluding carboxylic acids is 1. The molecule has 8 heteroatoms. The van der Waals surface area contributed by atoms with Gasteiger partial charge in [0.1, 0.15) is 5.82 Å². The lowest BCUT2D eigenvalue weighted by molar-refractivity contribution is 0.0525. The number of sulfonamides is 1. The molecule has 0 spiro atoms. The third-order valence-electron chi connectivity index (χ3n) is 3.52. The van der Waals surface area contributed by atoms with Crippen LogP contribution in [0.3, 0.4) is 0 Å². The van der Waals surface area contributed by atoms with Crippen molar-refractivity contribution in [3.63, 3.8) is 0 Å². The first-order valence-corrected chi connectivity index (χ1v) is 8.52. The van der Waals surface area contributed by atoms with Gasteiger partial charge in [-0.15, -0.1) is 0 Å². The van der Waals surface area contributed by atoms with Crippen molar-refractivity contribution < 1.29 is 22.3 Å².